The fraction of sp³-hybridized carbons (Fsp3) is 1.00. The molecule has 5 unspecified atom stereocenters. The second-order valence-electron chi connectivity index (χ2n) is 7.50. The summed E-state index contributed by atoms with van der Waals surface area (Å²) >= 11 is 0. The normalized spacial score (nSPS) is 40.0. The van der Waals surface area contributed by atoms with Crippen LogP contribution in [-0.4, -0.2) is 25.0 Å². The van der Waals surface area contributed by atoms with Crippen LogP contribution in [-0.2, 0) is 9.84 Å². The molecule has 0 heterocycles. The van der Waals surface area contributed by atoms with Gasteiger partial charge in [0.15, 0.2) is 9.84 Å². The first kappa shape index (κ1) is 16.3. The molecule has 4 heteroatoms. The van der Waals surface area contributed by atoms with E-state index in [9.17, 15) is 8.42 Å². The third kappa shape index (κ3) is 3.38. The number of hydrogen-bond donors (Lipinski definition) is 1. The lowest BCUT2D eigenvalue weighted by molar-refractivity contribution is 0.258. The van der Waals surface area contributed by atoms with Gasteiger partial charge in [-0.2, -0.15) is 0 Å². The Morgan fingerprint density at radius 3 is 2.35 bits per heavy atom. The largest absolute Gasteiger partial charge is 0.327 e. The minimum atomic E-state index is -3.06. The fourth-order valence-electron chi connectivity index (χ4n) is 4.09. The van der Waals surface area contributed by atoms with Gasteiger partial charge in [0.25, 0.3) is 0 Å². The maximum Gasteiger partial charge on any atom is 0.157 e. The van der Waals surface area contributed by atoms with Crippen LogP contribution in [0.15, 0.2) is 0 Å². The average molecular weight is 301 g/mol. The minimum Gasteiger partial charge on any atom is -0.327 e. The Morgan fingerprint density at radius 1 is 1.05 bits per heavy atom. The third-order valence-electron chi connectivity index (χ3n) is 5.60. The minimum absolute atomic E-state index is 0.131. The topological polar surface area (TPSA) is 60.2 Å². The molecule has 0 radical (unpaired) electrons. The highest BCUT2D eigenvalue weighted by Crippen LogP contribution is 2.37. The Balaban J connectivity index is 2.14. The molecule has 0 aromatic carbocycles. The van der Waals surface area contributed by atoms with E-state index in [-0.39, 0.29) is 16.5 Å². The van der Waals surface area contributed by atoms with Gasteiger partial charge in [0.2, 0.25) is 0 Å². The summed E-state index contributed by atoms with van der Waals surface area (Å²) in [4.78, 5) is 0. The first-order valence-corrected chi connectivity index (χ1v) is 9.91. The van der Waals surface area contributed by atoms with Crippen LogP contribution >= 0.6 is 0 Å². The van der Waals surface area contributed by atoms with E-state index in [2.05, 4.69) is 20.8 Å². The molecular formula is C16H31NO2S. The molecule has 118 valence electrons. The van der Waals surface area contributed by atoms with E-state index >= 15 is 0 Å². The number of nitrogens with two attached hydrogens (primary N) is 1. The van der Waals surface area contributed by atoms with Crippen molar-refractivity contribution in [3.8, 4) is 0 Å². The van der Waals surface area contributed by atoms with Crippen LogP contribution in [0.5, 0.6) is 0 Å². The summed E-state index contributed by atoms with van der Waals surface area (Å²) in [6, 6.07) is -0.146. The summed E-state index contributed by atoms with van der Waals surface area (Å²) in [5.74, 6) is 1.63. The van der Waals surface area contributed by atoms with E-state index in [0.29, 0.717) is 17.8 Å². The van der Waals surface area contributed by atoms with Gasteiger partial charge in [-0.1, -0.05) is 33.6 Å². The molecule has 2 rings (SSSR count). The predicted octanol–water partition coefficient (Wildman–Crippen LogP) is 3.13. The van der Waals surface area contributed by atoms with Crippen molar-refractivity contribution in [2.45, 2.75) is 82.3 Å². The van der Waals surface area contributed by atoms with Gasteiger partial charge in [-0.05, 0) is 49.9 Å². The zero-order valence-corrected chi connectivity index (χ0v) is 14.0. The highest BCUT2D eigenvalue weighted by molar-refractivity contribution is 7.92. The summed E-state index contributed by atoms with van der Waals surface area (Å²) < 4.78 is 26.0. The molecule has 0 bridgehead atoms. The van der Waals surface area contributed by atoms with Crippen LogP contribution in [0.4, 0.5) is 0 Å². The van der Waals surface area contributed by atoms with E-state index < -0.39 is 9.84 Å². The molecule has 0 aliphatic heterocycles. The molecule has 0 amide bonds. The predicted molar refractivity (Wildman–Crippen MR) is 84.3 cm³/mol. The third-order valence-corrected chi connectivity index (χ3v) is 8.34. The zero-order chi connectivity index (χ0) is 14.9. The Hall–Kier alpha value is -0.0900. The lowest BCUT2D eigenvalue weighted by Crippen LogP contribution is -2.49. The lowest BCUT2D eigenvalue weighted by Gasteiger charge is -2.38. The molecule has 20 heavy (non-hydrogen) atoms. The van der Waals surface area contributed by atoms with E-state index in [1.54, 1.807) is 0 Å². The molecule has 0 saturated heterocycles. The number of sulfone groups is 1. The smallest absolute Gasteiger partial charge is 0.157 e. The lowest BCUT2D eigenvalue weighted by atomic mass is 9.79. The van der Waals surface area contributed by atoms with Crippen molar-refractivity contribution in [1.29, 1.82) is 0 Å². The van der Waals surface area contributed by atoms with Gasteiger partial charge in [0.05, 0.1) is 10.5 Å². The Morgan fingerprint density at radius 2 is 1.75 bits per heavy atom. The highest BCUT2D eigenvalue weighted by Gasteiger charge is 2.42. The van der Waals surface area contributed by atoms with Crippen LogP contribution in [0, 0.1) is 17.8 Å². The molecule has 2 saturated carbocycles. The van der Waals surface area contributed by atoms with E-state index in [0.717, 1.165) is 38.5 Å². The molecule has 0 spiro atoms. The van der Waals surface area contributed by atoms with Gasteiger partial charge >= 0.3 is 0 Å². The first-order chi connectivity index (χ1) is 9.32. The van der Waals surface area contributed by atoms with Crippen molar-refractivity contribution in [1.82, 2.24) is 0 Å². The zero-order valence-electron chi connectivity index (χ0n) is 13.2. The Bertz CT molecular complexity index is 418. The molecule has 2 aliphatic rings. The van der Waals surface area contributed by atoms with Crippen LogP contribution in [0.2, 0.25) is 0 Å². The van der Waals surface area contributed by atoms with Crippen molar-refractivity contribution in [3.63, 3.8) is 0 Å². The van der Waals surface area contributed by atoms with Gasteiger partial charge in [-0.25, -0.2) is 8.42 Å². The second-order valence-corrected chi connectivity index (χ2v) is 9.95. The maximum atomic E-state index is 13.0. The van der Waals surface area contributed by atoms with Crippen molar-refractivity contribution >= 4 is 9.84 Å². The monoisotopic (exact) mass is 301 g/mol. The molecule has 3 nitrogen and oxygen atoms in total. The van der Waals surface area contributed by atoms with Gasteiger partial charge in [0.1, 0.15) is 0 Å². The van der Waals surface area contributed by atoms with Crippen molar-refractivity contribution in [2.75, 3.05) is 0 Å². The van der Waals surface area contributed by atoms with Crippen molar-refractivity contribution < 1.29 is 8.42 Å². The summed E-state index contributed by atoms with van der Waals surface area (Å²) in [7, 11) is -3.06. The molecular weight excluding hydrogens is 270 g/mol. The molecule has 2 aliphatic carbocycles. The standard InChI is InChI=1S/C16H31NO2S/c1-11(2)13-7-8-15(17)16(10-13)20(18,19)14-6-4-5-12(3)9-14/h11-16H,4-10,17H2,1-3H3. The van der Waals surface area contributed by atoms with Crippen LogP contribution in [0.25, 0.3) is 0 Å². The second kappa shape index (κ2) is 6.35. The Kier molecular flexibility index (Phi) is 5.17. The van der Waals surface area contributed by atoms with E-state index in [4.69, 9.17) is 5.73 Å². The fourth-order valence-corrected chi connectivity index (χ4v) is 6.82. The highest BCUT2D eigenvalue weighted by atomic mass is 32.2. The van der Waals surface area contributed by atoms with Gasteiger partial charge < -0.3 is 5.73 Å². The Labute approximate surface area is 124 Å². The quantitative estimate of drug-likeness (QED) is 0.871. The van der Waals surface area contributed by atoms with Crippen LogP contribution in [0.1, 0.15) is 65.7 Å². The summed E-state index contributed by atoms with van der Waals surface area (Å²) in [6.07, 6.45) is 6.67. The van der Waals surface area contributed by atoms with Gasteiger partial charge in [-0.15, -0.1) is 0 Å². The van der Waals surface area contributed by atoms with E-state index in [1.807, 2.05) is 0 Å². The molecule has 0 aromatic heterocycles. The van der Waals surface area contributed by atoms with E-state index in [1.165, 1.54) is 6.42 Å². The maximum absolute atomic E-state index is 13.0. The number of hydrogen-bond acceptors (Lipinski definition) is 3. The van der Waals surface area contributed by atoms with Crippen LogP contribution in [0.3, 0.4) is 0 Å². The average Bonchev–Trinajstić information content (AvgIpc) is 2.38. The van der Waals surface area contributed by atoms with Crippen molar-refractivity contribution in [3.05, 3.63) is 0 Å². The SMILES string of the molecule is CC1CCCC(S(=O)(=O)C2CC(C(C)C)CCC2N)C1. The molecule has 2 fully saturated rings. The van der Waals surface area contributed by atoms with Gasteiger partial charge in [-0.3, -0.25) is 0 Å². The molecule has 0 aromatic rings. The first-order valence-electron chi connectivity index (χ1n) is 8.30. The van der Waals surface area contributed by atoms with Crippen molar-refractivity contribution in [2.24, 2.45) is 23.5 Å². The van der Waals surface area contributed by atoms with Gasteiger partial charge in [0, 0.05) is 6.04 Å². The number of rotatable bonds is 3. The summed E-state index contributed by atoms with van der Waals surface area (Å²) in [6.45, 7) is 6.58. The molecule has 5 atom stereocenters. The summed E-state index contributed by atoms with van der Waals surface area (Å²) in [5, 5.41) is -0.424. The van der Waals surface area contributed by atoms with Crippen LogP contribution < -0.4 is 5.73 Å². The summed E-state index contributed by atoms with van der Waals surface area (Å²) in [5.41, 5.74) is 6.19. The molecule has 2 N–H and O–H groups in total.